The summed E-state index contributed by atoms with van der Waals surface area (Å²) in [6.45, 7) is 2.21. The second-order valence-corrected chi connectivity index (χ2v) is 5.56. The predicted molar refractivity (Wildman–Crippen MR) is 88.2 cm³/mol. The molecule has 5 nitrogen and oxygen atoms in total. The highest BCUT2D eigenvalue weighted by Gasteiger charge is 2.12. The summed E-state index contributed by atoms with van der Waals surface area (Å²) >= 11 is 1.47. The molecule has 2 rings (SSSR count). The minimum absolute atomic E-state index is 0.127. The van der Waals surface area contributed by atoms with Gasteiger partial charge in [0.25, 0.3) is 5.56 Å². The highest BCUT2D eigenvalue weighted by atomic mass is 32.2. The smallest absolute Gasteiger partial charge is 0.307 e. The van der Waals surface area contributed by atoms with Crippen LogP contribution in [0.4, 0.5) is 0 Å². The van der Waals surface area contributed by atoms with Crippen LogP contribution in [0.2, 0.25) is 0 Å². The predicted octanol–water partition coefficient (Wildman–Crippen LogP) is 2.63. The molecule has 0 atom stereocenters. The van der Waals surface area contributed by atoms with Gasteiger partial charge in [-0.3, -0.25) is 14.2 Å². The van der Waals surface area contributed by atoms with Gasteiger partial charge in [0.15, 0.2) is 5.16 Å². The maximum Gasteiger partial charge on any atom is 0.307 e. The molecular formula is C16H18N2O3S. The second-order valence-electron chi connectivity index (χ2n) is 4.57. The lowest BCUT2D eigenvalue weighted by molar-refractivity contribution is -0.140. The second kappa shape index (κ2) is 7.79. The van der Waals surface area contributed by atoms with E-state index < -0.39 is 0 Å². The molecular weight excluding hydrogens is 300 g/mol. The number of carbonyl (C=O) groups excluding carboxylic acids is 1. The molecule has 0 fully saturated rings. The average molecular weight is 318 g/mol. The van der Waals surface area contributed by atoms with Crippen LogP contribution in [0.1, 0.15) is 13.3 Å². The molecule has 2 aromatic rings. The number of methoxy groups -OCH3 is 1. The number of allylic oxidation sites excluding steroid dienone is 1. The van der Waals surface area contributed by atoms with Gasteiger partial charge in [-0.2, -0.15) is 0 Å². The third kappa shape index (κ3) is 3.76. The number of thioether (sulfide) groups is 1. The van der Waals surface area contributed by atoms with Crippen LogP contribution in [0.25, 0.3) is 10.9 Å². The first-order chi connectivity index (χ1) is 10.7. The molecule has 0 unspecified atom stereocenters. The van der Waals surface area contributed by atoms with Crippen LogP contribution < -0.4 is 5.56 Å². The molecule has 0 saturated heterocycles. The van der Waals surface area contributed by atoms with Crippen molar-refractivity contribution < 1.29 is 9.53 Å². The van der Waals surface area contributed by atoms with E-state index in [0.29, 0.717) is 16.1 Å². The number of para-hydroxylation sites is 1. The van der Waals surface area contributed by atoms with E-state index in [1.807, 2.05) is 37.3 Å². The Balaban J connectivity index is 2.43. The van der Waals surface area contributed by atoms with E-state index >= 15 is 0 Å². The number of aromatic nitrogens is 2. The fourth-order valence-electron chi connectivity index (χ4n) is 1.98. The minimum Gasteiger partial charge on any atom is -0.469 e. The van der Waals surface area contributed by atoms with Crippen molar-refractivity contribution >= 4 is 28.6 Å². The van der Waals surface area contributed by atoms with Crippen LogP contribution >= 0.6 is 11.8 Å². The lowest BCUT2D eigenvalue weighted by Crippen LogP contribution is -2.24. The summed E-state index contributed by atoms with van der Waals surface area (Å²) in [5.41, 5.74) is 0.544. The summed E-state index contributed by atoms with van der Waals surface area (Å²) in [5.74, 6) is 0.379. The van der Waals surface area contributed by atoms with Crippen LogP contribution in [-0.4, -0.2) is 28.4 Å². The Labute approximate surface area is 133 Å². The van der Waals surface area contributed by atoms with E-state index in [9.17, 15) is 9.59 Å². The Hall–Kier alpha value is -2.08. The average Bonchev–Trinajstić information content (AvgIpc) is 2.54. The molecule has 1 heterocycles. The monoisotopic (exact) mass is 318 g/mol. The van der Waals surface area contributed by atoms with Crippen LogP contribution in [0.15, 0.2) is 46.4 Å². The SMILES string of the molecule is CC=CCSc1nc2ccccc2c(=O)n1CCC(=O)OC. The molecule has 1 aromatic carbocycles. The van der Waals surface area contributed by atoms with E-state index in [0.717, 1.165) is 5.75 Å². The Morgan fingerprint density at radius 2 is 2.18 bits per heavy atom. The first kappa shape index (κ1) is 16.3. The molecule has 0 bridgehead atoms. The summed E-state index contributed by atoms with van der Waals surface area (Å²) in [5, 5.41) is 1.17. The maximum absolute atomic E-state index is 12.6. The van der Waals surface area contributed by atoms with Crippen LogP contribution in [0.5, 0.6) is 0 Å². The summed E-state index contributed by atoms with van der Waals surface area (Å²) in [4.78, 5) is 28.5. The van der Waals surface area contributed by atoms with E-state index in [-0.39, 0.29) is 24.5 Å². The minimum atomic E-state index is -0.343. The van der Waals surface area contributed by atoms with Crippen molar-refractivity contribution in [3.63, 3.8) is 0 Å². The summed E-state index contributed by atoms with van der Waals surface area (Å²) in [6.07, 6.45) is 4.09. The van der Waals surface area contributed by atoms with E-state index in [1.165, 1.54) is 18.9 Å². The molecule has 116 valence electrons. The van der Waals surface area contributed by atoms with Crippen molar-refractivity contribution in [2.75, 3.05) is 12.9 Å². The van der Waals surface area contributed by atoms with Gasteiger partial charge in [-0.1, -0.05) is 36.0 Å². The molecule has 1 aromatic heterocycles. The molecule has 0 N–H and O–H groups in total. The van der Waals surface area contributed by atoms with Gasteiger partial charge in [0.05, 0.1) is 24.4 Å². The highest BCUT2D eigenvalue weighted by molar-refractivity contribution is 7.99. The highest BCUT2D eigenvalue weighted by Crippen LogP contribution is 2.18. The molecule has 0 aliphatic rings. The number of ether oxygens (including phenoxy) is 1. The van der Waals surface area contributed by atoms with Crippen LogP contribution in [-0.2, 0) is 16.1 Å². The number of esters is 1. The lowest BCUT2D eigenvalue weighted by Gasteiger charge is -2.12. The fraction of sp³-hybridized carbons (Fsp3) is 0.312. The topological polar surface area (TPSA) is 61.2 Å². The van der Waals surface area contributed by atoms with Gasteiger partial charge in [0.2, 0.25) is 0 Å². The lowest BCUT2D eigenvalue weighted by atomic mass is 10.2. The van der Waals surface area contributed by atoms with E-state index in [2.05, 4.69) is 9.72 Å². The quantitative estimate of drug-likeness (QED) is 0.355. The molecule has 0 aliphatic carbocycles. The Kier molecular flexibility index (Phi) is 5.77. The third-order valence-electron chi connectivity index (χ3n) is 3.14. The standard InChI is InChI=1S/C16H18N2O3S/c1-3-4-11-22-16-17-13-8-6-5-7-12(13)15(20)18(16)10-9-14(19)21-2/h3-8H,9-11H2,1-2H3. The third-order valence-corrected chi connectivity index (χ3v) is 4.07. The number of fused-ring (bicyclic) bond motifs is 1. The number of hydrogen-bond acceptors (Lipinski definition) is 5. The number of rotatable bonds is 6. The van der Waals surface area contributed by atoms with Crippen molar-refractivity contribution in [3.05, 3.63) is 46.8 Å². The van der Waals surface area contributed by atoms with Crippen molar-refractivity contribution in [3.8, 4) is 0 Å². The number of nitrogens with zero attached hydrogens (tertiary/aromatic N) is 2. The fourth-order valence-corrected chi connectivity index (χ4v) is 2.91. The van der Waals surface area contributed by atoms with Gasteiger partial charge < -0.3 is 4.74 Å². The number of hydrogen-bond donors (Lipinski definition) is 0. The molecule has 0 amide bonds. The Morgan fingerprint density at radius 1 is 1.41 bits per heavy atom. The molecule has 0 saturated carbocycles. The summed E-state index contributed by atoms with van der Waals surface area (Å²) < 4.78 is 6.19. The molecule has 0 spiro atoms. The molecule has 0 aliphatic heterocycles. The maximum atomic E-state index is 12.6. The van der Waals surface area contributed by atoms with E-state index in [1.54, 1.807) is 10.6 Å². The van der Waals surface area contributed by atoms with Gasteiger partial charge in [0.1, 0.15) is 0 Å². The van der Waals surface area contributed by atoms with Crippen molar-refractivity contribution in [2.24, 2.45) is 0 Å². The summed E-state index contributed by atoms with van der Waals surface area (Å²) in [7, 11) is 1.34. The number of carbonyl (C=O) groups is 1. The van der Waals surface area contributed by atoms with Gasteiger partial charge in [0, 0.05) is 12.3 Å². The molecule has 0 radical (unpaired) electrons. The first-order valence-corrected chi connectivity index (χ1v) is 7.96. The van der Waals surface area contributed by atoms with Crippen LogP contribution in [0, 0.1) is 0 Å². The van der Waals surface area contributed by atoms with E-state index in [4.69, 9.17) is 0 Å². The normalized spacial score (nSPS) is 11.2. The van der Waals surface area contributed by atoms with Gasteiger partial charge in [-0.15, -0.1) is 0 Å². The number of benzene rings is 1. The zero-order chi connectivity index (χ0) is 15.9. The van der Waals surface area contributed by atoms with Crippen molar-refractivity contribution in [2.45, 2.75) is 25.0 Å². The van der Waals surface area contributed by atoms with Crippen LogP contribution in [0.3, 0.4) is 0 Å². The van der Waals surface area contributed by atoms with Crippen molar-refractivity contribution in [1.29, 1.82) is 0 Å². The Morgan fingerprint density at radius 3 is 2.91 bits per heavy atom. The zero-order valence-corrected chi connectivity index (χ0v) is 13.4. The first-order valence-electron chi connectivity index (χ1n) is 6.97. The largest absolute Gasteiger partial charge is 0.469 e. The zero-order valence-electron chi connectivity index (χ0n) is 12.6. The molecule has 6 heteroatoms. The van der Waals surface area contributed by atoms with Gasteiger partial charge in [-0.25, -0.2) is 4.98 Å². The Bertz CT molecular complexity index is 753. The van der Waals surface area contributed by atoms with Gasteiger partial charge in [-0.05, 0) is 19.1 Å². The van der Waals surface area contributed by atoms with Gasteiger partial charge >= 0.3 is 5.97 Å². The summed E-state index contributed by atoms with van der Waals surface area (Å²) in [6, 6.07) is 7.23. The van der Waals surface area contributed by atoms with Crippen molar-refractivity contribution in [1.82, 2.24) is 9.55 Å². The molecule has 22 heavy (non-hydrogen) atoms.